The zero-order chi connectivity index (χ0) is 11.5. The molecule has 0 spiro atoms. The Morgan fingerprint density at radius 2 is 2.20 bits per heavy atom. The smallest absolute Gasteiger partial charge is 0.287 e. The van der Waals surface area contributed by atoms with Crippen LogP contribution in [0.2, 0.25) is 5.15 Å². The van der Waals surface area contributed by atoms with Crippen molar-refractivity contribution in [1.82, 2.24) is 9.97 Å². The van der Waals surface area contributed by atoms with Crippen LogP contribution < -0.4 is 11.1 Å². The van der Waals surface area contributed by atoms with Gasteiger partial charge in [-0.2, -0.15) is 4.98 Å². The average molecular weight is 239 g/mol. The second-order valence-corrected chi connectivity index (χ2v) is 3.19. The van der Waals surface area contributed by atoms with Gasteiger partial charge >= 0.3 is 0 Å². The topological polar surface area (TPSA) is 84.1 Å². The minimum Gasteiger partial charge on any atom is -0.390 e. The zero-order valence-corrected chi connectivity index (χ0v) is 8.30. The molecule has 0 aliphatic rings. The lowest BCUT2D eigenvalue weighted by Crippen LogP contribution is -2.31. The lowest BCUT2D eigenvalue weighted by atomic mass is 10.3. The minimum atomic E-state index is -3.22. The van der Waals surface area contributed by atoms with E-state index in [9.17, 15) is 8.78 Å². The number of halogens is 3. The number of nitrogens with two attached hydrogens (primary N) is 1. The fraction of sp³-hybridized carbons (Fsp3) is 0.429. The third-order valence-electron chi connectivity index (χ3n) is 1.47. The molecule has 0 unspecified atom stereocenters. The molecule has 1 rings (SSSR count). The number of nitrogens with zero attached hydrogens (tertiary/aromatic N) is 2. The molecule has 0 amide bonds. The summed E-state index contributed by atoms with van der Waals surface area (Å²) in [6, 6.07) is 1.26. The molecule has 0 bridgehead atoms. The summed E-state index contributed by atoms with van der Waals surface area (Å²) < 4.78 is 25.2. The second kappa shape index (κ2) is 4.54. The Kier molecular flexibility index (Phi) is 3.59. The van der Waals surface area contributed by atoms with E-state index in [1.807, 2.05) is 0 Å². The Labute approximate surface area is 89.3 Å². The maximum absolute atomic E-state index is 12.6. The number of hydrogen-bond donors (Lipinski definition) is 3. The third-order valence-corrected chi connectivity index (χ3v) is 1.67. The van der Waals surface area contributed by atoms with Crippen LogP contribution >= 0.6 is 11.6 Å². The molecule has 0 fully saturated rings. The highest BCUT2D eigenvalue weighted by atomic mass is 35.5. The first-order chi connectivity index (χ1) is 6.93. The summed E-state index contributed by atoms with van der Waals surface area (Å²) in [7, 11) is 0. The summed E-state index contributed by atoms with van der Waals surface area (Å²) in [5, 5.41) is 10.7. The number of aliphatic hydroxyl groups is 1. The molecule has 8 heteroatoms. The van der Waals surface area contributed by atoms with Crippen molar-refractivity contribution in [3.63, 3.8) is 0 Å². The first-order valence-corrected chi connectivity index (χ1v) is 4.33. The van der Waals surface area contributed by atoms with E-state index in [0.29, 0.717) is 0 Å². The van der Waals surface area contributed by atoms with Crippen molar-refractivity contribution < 1.29 is 13.9 Å². The number of anilines is 2. The van der Waals surface area contributed by atoms with Gasteiger partial charge in [-0.15, -0.1) is 0 Å². The second-order valence-electron chi connectivity index (χ2n) is 2.80. The van der Waals surface area contributed by atoms with E-state index < -0.39 is 19.1 Å². The Morgan fingerprint density at radius 3 is 2.73 bits per heavy atom. The van der Waals surface area contributed by atoms with Crippen LogP contribution in [0.25, 0.3) is 0 Å². The highest BCUT2D eigenvalue weighted by Crippen LogP contribution is 2.16. The van der Waals surface area contributed by atoms with Crippen molar-refractivity contribution in [3.8, 4) is 0 Å². The van der Waals surface area contributed by atoms with Gasteiger partial charge in [0, 0.05) is 6.07 Å². The molecule has 1 aromatic heterocycles. The van der Waals surface area contributed by atoms with Crippen molar-refractivity contribution in [3.05, 3.63) is 11.2 Å². The van der Waals surface area contributed by atoms with Crippen LogP contribution in [0.4, 0.5) is 20.5 Å². The summed E-state index contributed by atoms with van der Waals surface area (Å²) in [6.45, 7) is -2.00. The van der Waals surface area contributed by atoms with Crippen LogP contribution in [0, 0.1) is 0 Å². The summed E-state index contributed by atoms with van der Waals surface area (Å²) in [5.41, 5.74) is 5.25. The van der Waals surface area contributed by atoms with Crippen molar-refractivity contribution in [1.29, 1.82) is 0 Å². The summed E-state index contributed by atoms with van der Waals surface area (Å²) in [4.78, 5) is 7.18. The van der Waals surface area contributed by atoms with E-state index in [1.54, 1.807) is 0 Å². The quantitative estimate of drug-likeness (QED) is 0.674. The molecular weight excluding hydrogens is 230 g/mol. The van der Waals surface area contributed by atoms with Crippen LogP contribution in [0.5, 0.6) is 0 Å². The highest BCUT2D eigenvalue weighted by Gasteiger charge is 2.27. The molecule has 4 N–H and O–H groups in total. The SMILES string of the molecule is Nc1nc(Cl)cc(NCC(F)(F)CO)n1. The summed E-state index contributed by atoms with van der Waals surface area (Å²) in [5.74, 6) is -3.25. The number of alkyl halides is 2. The summed E-state index contributed by atoms with van der Waals surface area (Å²) in [6.07, 6.45) is 0. The fourth-order valence-electron chi connectivity index (χ4n) is 0.802. The van der Waals surface area contributed by atoms with Gasteiger partial charge in [-0.25, -0.2) is 13.8 Å². The zero-order valence-electron chi connectivity index (χ0n) is 7.54. The average Bonchev–Trinajstić information content (AvgIpc) is 2.14. The predicted octanol–water partition coefficient (Wildman–Crippen LogP) is 0.752. The molecule has 0 aliphatic heterocycles. The summed E-state index contributed by atoms with van der Waals surface area (Å²) >= 11 is 5.53. The lowest BCUT2D eigenvalue weighted by molar-refractivity contribution is -0.0373. The monoisotopic (exact) mass is 238 g/mol. The van der Waals surface area contributed by atoms with Gasteiger partial charge in [-0.05, 0) is 0 Å². The molecule has 0 saturated carbocycles. The van der Waals surface area contributed by atoms with Crippen molar-refractivity contribution in [2.24, 2.45) is 0 Å². The van der Waals surface area contributed by atoms with Gasteiger partial charge in [-0.1, -0.05) is 11.6 Å². The standard InChI is InChI=1S/C7H9ClF2N4O/c8-4-1-5(14-6(11)13-4)12-2-7(9,10)3-15/h1,15H,2-3H2,(H3,11,12,13,14). The fourth-order valence-corrected chi connectivity index (χ4v) is 0.991. The normalized spacial score (nSPS) is 11.5. The van der Waals surface area contributed by atoms with E-state index in [-0.39, 0.29) is 16.9 Å². The van der Waals surface area contributed by atoms with Crippen LogP contribution in [0.15, 0.2) is 6.07 Å². The number of nitrogen functional groups attached to an aromatic ring is 1. The van der Waals surface area contributed by atoms with Crippen LogP contribution in [-0.2, 0) is 0 Å². The number of rotatable bonds is 4. The maximum Gasteiger partial charge on any atom is 0.287 e. The Balaban J connectivity index is 2.65. The third kappa shape index (κ3) is 3.80. The predicted molar refractivity (Wildman–Crippen MR) is 52.0 cm³/mol. The molecule has 15 heavy (non-hydrogen) atoms. The van der Waals surface area contributed by atoms with Crippen molar-refractivity contribution >= 4 is 23.4 Å². The van der Waals surface area contributed by atoms with Gasteiger partial charge < -0.3 is 16.2 Å². The van der Waals surface area contributed by atoms with E-state index in [0.717, 1.165) is 0 Å². The van der Waals surface area contributed by atoms with E-state index in [1.165, 1.54) is 6.07 Å². The first kappa shape index (κ1) is 11.9. The Hall–Kier alpha value is -1.21. The van der Waals surface area contributed by atoms with Crippen molar-refractivity contribution in [2.45, 2.75) is 5.92 Å². The minimum absolute atomic E-state index is 0.0531. The van der Waals surface area contributed by atoms with Crippen LogP contribution in [-0.4, -0.2) is 34.1 Å². The largest absolute Gasteiger partial charge is 0.390 e. The lowest BCUT2D eigenvalue weighted by Gasteiger charge is -2.14. The number of aliphatic hydroxyl groups excluding tert-OH is 1. The highest BCUT2D eigenvalue weighted by molar-refractivity contribution is 6.29. The maximum atomic E-state index is 12.6. The molecule has 1 heterocycles. The molecule has 5 nitrogen and oxygen atoms in total. The van der Waals surface area contributed by atoms with E-state index >= 15 is 0 Å². The van der Waals surface area contributed by atoms with E-state index in [2.05, 4.69) is 15.3 Å². The number of hydrogen-bond acceptors (Lipinski definition) is 5. The van der Waals surface area contributed by atoms with Gasteiger partial charge in [0.15, 0.2) is 0 Å². The van der Waals surface area contributed by atoms with Gasteiger partial charge in [0.25, 0.3) is 5.92 Å². The molecule has 0 saturated heterocycles. The van der Waals surface area contributed by atoms with Gasteiger partial charge in [0.05, 0.1) is 6.54 Å². The number of nitrogens with one attached hydrogen (secondary N) is 1. The Morgan fingerprint density at radius 1 is 1.53 bits per heavy atom. The van der Waals surface area contributed by atoms with Crippen LogP contribution in [0.3, 0.4) is 0 Å². The van der Waals surface area contributed by atoms with Crippen molar-refractivity contribution in [2.75, 3.05) is 24.2 Å². The molecule has 84 valence electrons. The molecule has 0 radical (unpaired) electrons. The molecule has 1 aromatic rings. The first-order valence-electron chi connectivity index (χ1n) is 3.95. The van der Waals surface area contributed by atoms with Gasteiger partial charge in [0.1, 0.15) is 17.6 Å². The molecule has 0 aromatic carbocycles. The van der Waals surface area contributed by atoms with Gasteiger partial charge in [0.2, 0.25) is 5.95 Å². The Bertz CT molecular complexity index is 330. The van der Waals surface area contributed by atoms with Crippen LogP contribution in [0.1, 0.15) is 0 Å². The molecule has 0 aliphatic carbocycles. The molecule has 0 atom stereocenters. The molecular formula is C7H9ClF2N4O. The number of aromatic nitrogens is 2. The van der Waals surface area contributed by atoms with E-state index in [4.69, 9.17) is 22.4 Å². The van der Waals surface area contributed by atoms with Gasteiger partial charge in [-0.3, -0.25) is 0 Å².